The molecule has 2 rings (SSSR count). The summed E-state index contributed by atoms with van der Waals surface area (Å²) in [5.41, 5.74) is 0. The van der Waals surface area contributed by atoms with E-state index in [4.69, 9.17) is 37.9 Å². The summed E-state index contributed by atoms with van der Waals surface area (Å²) in [5, 5.41) is 10.0. The number of hydrogen-bond acceptors (Lipinski definition) is 13. The Bertz CT molecular complexity index is 803. The van der Waals surface area contributed by atoms with Crippen LogP contribution in [0.2, 0.25) is 0 Å². The first-order valence-corrected chi connectivity index (χ1v) is 9.46. The van der Waals surface area contributed by atoms with E-state index in [1.807, 2.05) is 6.07 Å². The van der Waals surface area contributed by atoms with Gasteiger partial charge in [-0.3, -0.25) is 23.9 Å². The number of hydrogen-bond donors (Lipinski definition) is 0. The maximum atomic E-state index is 12.8. The van der Waals surface area contributed by atoms with Gasteiger partial charge >= 0.3 is 23.9 Å². The Kier molecular flexibility index (Phi) is 7.79. The van der Waals surface area contributed by atoms with Crippen LogP contribution in [0.15, 0.2) is 0 Å². The van der Waals surface area contributed by atoms with Crippen molar-refractivity contribution in [3.63, 3.8) is 0 Å². The molecule has 0 aromatic heterocycles. The highest BCUT2D eigenvalue weighted by Crippen LogP contribution is 2.55. The number of ether oxygens (including phenoxy) is 8. The maximum Gasteiger partial charge on any atom is 0.317 e. The van der Waals surface area contributed by atoms with Crippen molar-refractivity contribution in [2.75, 3.05) is 27.9 Å². The summed E-state index contributed by atoms with van der Waals surface area (Å²) in [7, 11) is 3.40. The summed E-state index contributed by atoms with van der Waals surface area (Å²) in [4.78, 5) is 47.9. The number of nitriles is 1. The highest BCUT2D eigenvalue weighted by atomic mass is 16.9. The molecule has 2 aliphatic heterocycles. The van der Waals surface area contributed by atoms with Crippen LogP contribution >= 0.6 is 0 Å². The second-order valence-corrected chi connectivity index (χ2v) is 7.03. The first-order valence-electron chi connectivity index (χ1n) is 9.46. The number of carbonyl (C=O) groups excluding carboxylic acids is 4. The zero-order valence-corrected chi connectivity index (χ0v) is 18.4. The molecule has 2 saturated heterocycles. The van der Waals surface area contributed by atoms with Gasteiger partial charge in [0.05, 0.1) is 13.0 Å². The molecular formula is C19H25NO12. The van der Waals surface area contributed by atoms with Crippen molar-refractivity contribution in [2.24, 2.45) is 11.8 Å². The number of esters is 4. The Hall–Kier alpha value is -2.79. The predicted molar refractivity (Wildman–Crippen MR) is 97.8 cm³/mol. The van der Waals surface area contributed by atoms with Gasteiger partial charge < -0.3 is 33.2 Å². The standard InChI is InChI=1S/C19H25NO12/c1-9(21)28-7-12-15(29-10(2)22)16(30-11(3)23)13-14(17(24)25-4)19(26-5,27-6)32-18(13,8-20)31-12/h12-16H,7H2,1-6H3/t12-,13-,14?,15+,16-,18+/m1/s1. The lowest BCUT2D eigenvalue weighted by molar-refractivity contribution is -0.410. The molecule has 178 valence electrons. The van der Waals surface area contributed by atoms with Crippen LogP contribution in [-0.2, 0) is 57.1 Å². The monoisotopic (exact) mass is 459 g/mol. The number of fused-ring (bicyclic) bond motifs is 1. The molecule has 2 fully saturated rings. The van der Waals surface area contributed by atoms with E-state index < -0.39 is 72.4 Å². The Morgan fingerprint density at radius 2 is 1.50 bits per heavy atom. The lowest BCUT2D eigenvalue weighted by atomic mass is 9.77. The first-order chi connectivity index (χ1) is 15.0. The van der Waals surface area contributed by atoms with Crippen LogP contribution < -0.4 is 0 Å². The van der Waals surface area contributed by atoms with Gasteiger partial charge in [-0.1, -0.05) is 0 Å². The Labute approximate surface area is 183 Å². The normalized spacial score (nSPS) is 32.7. The first kappa shape index (κ1) is 25.5. The summed E-state index contributed by atoms with van der Waals surface area (Å²) in [6.45, 7) is 2.83. The average molecular weight is 459 g/mol. The zero-order valence-electron chi connectivity index (χ0n) is 18.4. The van der Waals surface area contributed by atoms with E-state index in [-0.39, 0.29) is 0 Å². The van der Waals surface area contributed by atoms with Gasteiger partial charge in [-0.2, -0.15) is 5.26 Å². The zero-order chi connectivity index (χ0) is 24.3. The molecule has 0 radical (unpaired) electrons. The molecule has 0 spiro atoms. The fourth-order valence-corrected chi connectivity index (χ4v) is 3.96. The Balaban J connectivity index is 2.71. The van der Waals surface area contributed by atoms with E-state index >= 15 is 0 Å². The highest BCUT2D eigenvalue weighted by Gasteiger charge is 2.76. The molecule has 0 bridgehead atoms. The smallest absolute Gasteiger partial charge is 0.317 e. The molecule has 2 heterocycles. The molecule has 32 heavy (non-hydrogen) atoms. The lowest BCUT2D eigenvalue weighted by Gasteiger charge is -2.45. The fraction of sp³-hybridized carbons (Fsp3) is 0.737. The fourth-order valence-electron chi connectivity index (χ4n) is 3.96. The molecule has 6 atom stereocenters. The number of rotatable bonds is 7. The number of methoxy groups -OCH3 is 3. The van der Waals surface area contributed by atoms with Crippen molar-refractivity contribution in [2.45, 2.75) is 50.8 Å². The van der Waals surface area contributed by atoms with E-state index in [0.717, 1.165) is 42.1 Å². The van der Waals surface area contributed by atoms with Crippen molar-refractivity contribution < 1.29 is 57.1 Å². The Morgan fingerprint density at radius 3 is 1.94 bits per heavy atom. The number of carbonyl (C=O) groups is 4. The van der Waals surface area contributed by atoms with Crippen molar-refractivity contribution in [1.82, 2.24) is 0 Å². The second-order valence-electron chi connectivity index (χ2n) is 7.03. The van der Waals surface area contributed by atoms with Crippen LogP contribution in [0, 0.1) is 23.2 Å². The van der Waals surface area contributed by atoms with Crippen molar-refractivity contribution in [3.05, 3.63) is 0 Å². The third kappa shape index (κ3) is 4.53. The van der Waals surface area contributed by atoms with E-state index in [1.165, 1.54) is 0 Å². The quantitative estimate of drug-likeness (QED) is 0.270. The third-order valence-electron chi connectivity index (χ3n) is 5.08. The molecular weight excluding hydrogens is 434 g/mol. The van der Waals surface area contributed by atoms with Gasteiger partial charge in [0.2, 0.25) is 0 Å². The molecule has 13 nitrogen and oxygen atoms in total. The SMILES string of the molecule is COC(=O)C1[C@@H]2[C@@H](OC(C)=O)[C@@H](OC(C)=O)[C@@H](COC(C)=O)O[C@@]2(C#N)OC1(OC)OC. The molecule has 0 amide bonds. The lowest BCUT2D eigenvalue weighted by Crippen LogP contribution is -2.64. The van der Waals surface area contributed by atoms with Crippen LogP contribution in [-0.4, -0.2) is 81.9 Å². The predicted octanol–water partition coefficient (Wildman–Crippen LogP) is -0.586. The summed E-state index contributed by atoms with van der Waals surface area (Å²) in [5.74, 6) is -10.6. The Morgan fingerprint density at radius 1 is 0.938 bits per heavy atom. The molecule has 0 aromatic carbocycles. The second kappa shape index (κ2) is 9.78. The molecule has 13 heteroatoms. The summed E-state index contributed by atoms with van der Waals surface area (Å²) in [6.07, 6.45) is -4.17. The molecule has 1 unspecified atom stereocenters. The van der Waals surface area contributed by atoms with Crippen LogP contribution in [0.3, 0.4) is 0 Å². The van der Waals surface area contributed by atoms with Crippen molar-refractivity contribution in [3.8, 4) is 6.07 Å². The van der Waals surface area contributed by atoms with Crippen LogP contribution in [0.5, 0.6) is 0 Å². The largest absolute Gasteiger partial charge is 0.469 e. The maximum absolute atomic E-state index is 12.8. The van der Waals surface area contributed by atoms with Crippen molar-refractivity contribution in [1.29, 1.82) is 5.26 Å². The highest BCUT2D eigenvalue weighted by molar-refractivity contribution is 5.75. The van der Waals surface area contributed by atoms with Gasteiger partial charge in [-0.05, 0) is 0 Å². The average Bonchev–Trinajstić information content (AvgIpc) is 3.04. The summed E-state index contributed by atoms with van der Waals surface area (Å²) >= 11 is 0. The minimum atomic E-state index is -2.30. The van der Waals surface area contributed by atoms with Gasteiger partial charge in [-0.15, -0.1) is 0 Å². The van der Waals surface area contributed by atoms with E-state index in [9.17, 15) is 24.4 Å². The third-order valence-corrected chi connectivity index (χ3v) is 5.08. The van der Waals surface area contributed by atoms with Crippen LogP contribution in [0.1, 0.15) is 20.8 Å². The van der Waals surface area contributed by atoms with E-state index in [1.54, 1.807) is 0 Å². The van der Waals surface area contributed by atoms with Gasteiger partial charge in [0.15, 0.2) is 18.1 Å². The van der Waals surface area contributed by atoms with Gasteiger partial charge in [0.25, 0.3) is 11.8 Å². The number of nitrogens with zero attached hydrogens (tertiary/aromatic N) is 1. The summed E-state index contributed by atoms with van der Waals surface area (Å²) < 4.78 is 42.7. The molecule has 0 aliphatic carbocycles. The van der Waals surface area contributed by atoms with Gasteiger partial charge in [0, 0.05) is 35.0 Å². The molecule has 0 aromatic rings. The minimum Gasteiger partial charge on any atom is -0.469 e. The van der Waals surface area contributed by atoms with E-state index in [0.29, 0.717) is 0 Å². The topological polar surface area (TPSA) is 166 Å². The molecule has 0 N–H and O–H groups in total. The van der Waals surface area contributed by atoms with Crippen LogP contribution in [0.25, 0.3) is 0 Å². The van der Waals surface area contributed by atoms with E-state index in [2.05, 4.69) is 0 Å². The molecule has 0 saturated carbocycles. The van der Waals surface area contributed by atoms with Gasteiger partial charge in [-0.25, -0.2) is 0 Å². The summed E-state index contributed by atoms with van der Waals surface area (Å²) in [6, 6.07) is 1.82. The van der Waals surface area contributed by atoms with Crippen molar-refractivity contribution >= 4 is 23.9 Å². The minimum absolute atomic E-state index is 0.486. The molecule has 2 aliphatic rings. The van der Waals surface area contributed by atoms with Crippen LogP contribution in [0.4, 0.5) is 0 Å². The van der Waals surface area contributed by atoms with Gasteiger partial charge in [0.1, 0.15) is 18.8 Å².